The van der Waals surface area contributed by atoms with Crippen molar-refractivity contribution in [1.29, 1.82) is 0 Å². The number of nitrogens with one attached hydrogen (secondary N) is 2. The highest BCUT2D eigenvalue weighted by Crippen LogP contribution is 2.21. The molecule has 1 heterocycles. The molecule has 0 aromatic heterocycles. The molecule has 2 aromatic rings. The van der Waals surface area contributed by atoms with E-state index in [0.717, 1.165) is 18.5 Å². The van der Waals surface area contributed by atoms with Crippen LogP contribution in [0.1, 0.15) is 35.7 Å². The summed E-state index contributed by atoms with van der Waals surface area (Å²) in [5, 5.41) is 5.05. The number of anilines is 2. The predicted molar refractivity (Wildman–Crippen MR) is 99.7 cm³/mol. The molecule has 0 saturated carbocycles. The topological polar surface area (TPSA) is 78.5 Å². The lowest BCUT2D eigenvalue weighted by molar-refractivity contribution is -0.128. The monoisotopic (exact) mass is 369 g/mol. The van der Waals surface area contributed by atoms with Gasteiger partial charge < -0.3 is 15.5 Å². The van der Waals surface area contributed by atoms with Gasteiger partial charge >= 0.3 is 0 Å². The average Bonchev–Trinajstić information content (AvgIpc) is 3.03. The Balaban J connectivity index is 1.67. The van der Waals surface area contributed by atoms with Gasteiger partial charge in [-0.2, -0.15) is 0 Å². The summed E-state index contributed by atoms with van der Waals surface area (Å²) in [7, 11) is 0. The van der Waals surface area contributed by atoms with Crippen LogP contribution in [0.3, 0.4) is 0 Å². The van der Waals surface area contributed by atoms with Crippen molar-refractivity contribution in [2.75, 3.05) is 17.2 Å². The maximum absolute atomic E-state index is 13.9. The zero-order valence-corrected chi connectivity index (χ0v) is 14.9. The van der Waals surface area contributed by atoms with E-state index < -0.39 is 11.7 Å². The summed E-state index contributed by atoms with van der Waals surface area (Å²) in [6, 6.07) is 10.8. The Morgan fingerprint density at radius 2 is 1.85 bits per heavy atom. The Morgan fingerprint density at radius 1 is 1.11 bits per heavy atom. The number of likely N-dealkylation sites (tertiary alicyclic amines) is 1. The first-order valence-corrected chi connectivity index (χ1v) is 8.67. The lowest BCUT2D eigenvalue weighted by Crippen LogP contribution is -2.23. The van der Waals surface area contributed by atoms with Crippen LogP contribution < -0.4 is 10.6 Å². The van der Waals surface area contributed by atoms with E-state index in [1.807, 2.05) is 0 Å². The summed E-state index contributed by atoms with van der Waals surface area (Å²) in [5.74, 6) is -1.20. The van der Waals surface area contributed by atoms with Crippen molar-refractivity contribution in [3.8, 4) is 0 Å². The van der Waals surface area contributed by atoms with E-state index in [1.165, 1.54) is 25.1 Å². The lowest BCUT2D eigenvalue weighted by atomic mass is 10.1. The molecule has 140 valence electrons. The molecule has 6 nitrogen and oxygen atoms in total. The van der Waals surface area contributed by atoms with Gasteiger partial charge in [-0.3, -0.25) is 14.4 Å². The van der Waals surface area contributed by atoms with Gasteiger partial charge in [0.15, 0.2) is 0 Å². The van der Waals surface area contributed by atoms with Gasteiger partial charge in [0.05, 0.1) is 5.69 Å². The molecule has 1 aliphatic heterocycles. The van der Waals surface area contributed by atoms with Crippen molar-refractivity contribution in [2.45, 2.75) is 26.3 Å². The van der Waals surface area contributed by atoms with E-state index in [4.69, 9.17) is 0 Å². The number of rotatable bonds is 5. The number of halogens is 1. The fourth-order valence-corrected chi connectivity index (χ4v) is 2.95. The molecule has 3 rings (SSSR count). The normalized spacial score (nSPS) is 13.6. The zero-order valence-electron chi connectivity index (χ0n) is 14.9. The molecule has 7 heteroatoms. The Kier molecular flexibility index (Phi) is 5.49. The summed E-state index contributed by atoms with van der Waals surface area (Å²) in [5.41, 5.74) is 1.68. The van der Waals surface area contributed by atoms with Gasteiger partial charge in [0.25, 0.3) is 5.91 Å². The van der Waals surface area contributed by atoms with E-state index in [2.05, 4.69) is 10.6 Å². The predicted octanol–water partition coefficient (Wildman–Crippen LogP) is 3.16. The van der Waals surface area contributed by atoms with E-state index in [9.17, 15) is 18.8 Å². The number of hydrogen-bond acceptors (Lipinski definition) is 3. The molecule has 3 amide bonds. The maximum atomic E-state index is 13.9. The minimum absolute atomic E-state index is 0.0158. The van der Waals surface area contributed by atoms with Gasteiger partial charge in [0.1, 0.15) is 5.82 Å². The van der Waals surface area contributed by atoms with Crippen LogP contribution in [0.25, 0.3) is 0 Å². The largest absolute Gasteiger partial charge is 0.338 e. The Labute approximate surface area is 156 Å². The van der Waals surface area contributed by atoms with E-state index >= 15 is 0 Å². The summed E-state index contributed by atoms with van der Waals surface area (Å²) in [6.45, 7) is 2.62. The molecule has 2 aromatic carbocycles. The highest BCUT2D eigenvalue weighted by atomic mass is 19.1. The second-order valence-electron chi connectivity index (χ2n) is 6.45. The van der Waals surface area contributed by atoms with Crippen LogP contribution in [0.5, 0.6) is 0 Å². The molecule has 0 spiro atoms. The lowest BCUT2D eigenvalue weighted by Gasteiger charge is -2.15. The number of nitrogens with zero attached hydrogens (tertiary/aromatic N) is 1. The molecule has 0 atom stereocenters. The number of benzene rings is 2. The third-order valence-corrected chi connectivity index (χ3v) is 4.30. The summed E-state index contributed by atoms with van der Waals surface area (Å²) in [4.78, 5) is 37.0. The van der Waals surface area contributed by atoms with Crippen molar-refractivity contribution in [3.63, 3.8) is 0 Å². The van der Waals surface area contributed by atoms with Gasteiger partial charge in [-0.05, 0) is 42.3 Å². The van der Waals surface area contributed by atoms with E-state index in [1.54, 1.807) is 29.2 Å². The molecule has 0 aliphatic carbocycles. The van der Waals surface area contributed by atoms with Crippen molar-refractivity contribution < 1.29 is 18.8 Å². The molecule has 27 heavy (non-hydrogen) atoms. The smallest absolute Gasteiger partial charge is 0.255 e. The minimum atomic E-state index is -0.596. The third-order valence-electron chi connectivity index (χ3n) is 4.30. The maximum Gasteiger partial charge on any atom is 0.255 e. The van der Waals surface area contributed by atoms with E-state index in [0.29, 0.717) is 24.2 Å². The number of carbonyl (C=O) groups excluding carboxylic acids is 3. The zero-order chi connectivity index (χ0) is 19.4. The van der Waals surface area contributed by atoms with Crippen LogP contribution in [0.2, 0.25) is 0 Å². The molecular weight excluding hydrogens is 349 g/mol. The van der Waals surface area contributed by atoms with E-state index in [-0.39, 0.29) is 17.5 Å². The number of hydrogen-bond donors (Lipinski definition) is 2. The van der Waals surface area contributed by atoms with Crippen LogP contribution in [0.4, 0.5) is 15.8 Å². The molecule has 0 bridgehead atoms. The van der Waals surface area contributed by atoms with Gasteiger partial charge in [-0.15, -0.1) is 0 Å². The average molecular weight is 369 g/mol. The molecule has 0 unspecified atom stereocenters. The van der Waals surface area contributed by atoms with Crippen LogP contribution in [0, 0.1) is 5.82 Å². The third kappa shape index (κ3) is 4.69. The summed E-state index contributed by atoms with van der Waals surface area (Å²) >= 11 is 0. The van der Waals surface area contributed by atoms with Crippen molar-refractivity contribution >= 4 is 29.1 Å². The quantitative estimate of drug-likeness (QED) is 0.850. The number of carbonyl (C=O) groups is 3. The first-order valence-electron chi connectivity index (χ1n) is 8.67. The molecule has 0 radical (unpaired) electrons. The SMILES string of the molecule is CC(=O)Nc1ccc(F)c(NC(=O)c2ccc(CN3CCCC3=O)cc2)c1. The molecule has 2 N–H and O–H groups in total. The summed E-state index contributed by atoms with van der Waals surface area (Å²) in [6.07, 6.45) is 1.46. The highest BCUT2D eigenvalue weighted by molar-refractivity contribution is 6.04. The fourth-order valence-electron chi connectivity index (χ4n) is 2.95. The Bertz CT molecular complexity index is 881. The van der Waals surface area contributed by atoms with Crippen LogP contribution >= 0.6 is 0 Å². The van der Waals surface area contributed by atoms with Crippen molar-refractivity contribution in [2.24, 2.45) is 0 Å². The van der Waals surface area contributed by atoms with Gasteiger partial charge in [0.2, 0.25) is 11.8 Å². The van der Waals surface area contributed by atoms with Gasteiger partial charge in [-0.25, -0.2) is 4.39 Å². The van der Waals surface area contributed by atoms with Crippen LogP contribution in [-0.4, -0.2) is 29.2 Å². The van der Waals surface area contributed by atoms with Crippen molar-refractivity contribution in [3.05, 3.63) is 59.4 Å². The second-order valence-corrected chi connectivity index (χ2v) is 6.45. The summed E-state index contributed by atoms with van der Waals surface area (Å²) < 4.78 is 13.9. The Hall–Kier alpha value is -3.22. The highest BCUT2D eigenvalue weighted by Gasteiger charge is 2.20. The Morgan fingerprint density at radius 3 is 2.48 bits per heavy atom. The molecule has 1 fully saturated rings. The standard InChI is InChI=1S/C20H20FN3O3/c1-13(25)22-16-8-9-17(21)18(11-16)23-20(27)15-6-4-14(5-7-15)12-24-10-2-3-19(24)26/h4-9,11H,2-3,10,12H2,1H3,(H,22,25)(H,23,27). The first kappa shape index (κ1) is 18.6. The van der Waals surface area contributed by atoms with Crippen LogP contribution in [-0.2, 0) is 16.1 Å². The first-order chi connectivity index (χ1) is 12.9. The molecule has 1 aliphatic rings. The van der Waals surface area contributed by atoms with Crippen LogP contribution in [0.15, 0.2) is 42.5 Å². The van der Waals surface area contributed by atoms with Gasteiger partial charge in [-0.1, -0.05) is 12.1 Å². The molecular formula is C20H20FN3O3. The fraction of sp³-hybridized carbons (Fsp3) is 0.250. The van der Waals surface area contributed by atoms with Gasteiger partial charge in [0, 0.05) is 37.7 Å². The second kappa shape index (κ2) is 7.99. The molecule has 1 saturated heterocycles. The van der Waals surface area contributed by atoms with Crippen molar-refractivity contribution in [1.82, 2.24) is 4.90 Å². The number of amides is 3. The minimum Gasteiger partial charge on any atom is -0.338 e.